The fourth-order valence-electron chi connectivity index (χ4n) is 3.45. The van der Waals surface area contributed by atoms with Crippen LogP contribution in [0.1, 0.15) is 51.4 Å². The van der Waals surface area contributed by atoms with Gasteiger partial charge in [-0.2, -0.15) is 0 Å². The Hall–Kier alpha value is -0.810. The van der Waals surface area contributed by atoms with Crippen molar-refractivity contribution in [3.05, 3.63) is 0 Å². The van der Waals surface area contributed by atoms with Gasteiger partial charge in [0.25, 0.3) is 0 Å². The van der Waals surface area contributed by atoms with Crippen LogP contribution in [0.3, 0.4) is 0 Å². The van der Waals surface area contributed by atoms with Crippen molar-refractivity contribution in [3.63, 3.8) is 0 Å². The molecule has 2 fully saturated rings. The van der Waals surface area contributed by atoms with Crippen LogP contribution in [-0.2, 0) is 4.74 Å². The van der Waals surface area contributed by atoms with Crippen molar-refractivity contribution in [2.45, 2.75) is 69.6 Å². The molecule has 0 aromatic heterocycles. The maximum absolute atomic E-state index is 12.0. The number of carbonyl (C=O) groups is 1. The fraction of sp³-hybridized carbons (Fsp3) is 0.933. The van der Waals surface area contributed by atoms with Crippen molar-refractivity contribution in [2.75, 3.05) is 13.7 Å². The van der Waals surface area contributed by atoms with Crippen molar-refractivity contribution in [2.24, 2.45) is 5.92 Å². The van der Waals surface area contributed by atoms with Gasteiger partial charge in [0, 0.05) is 13.7 Å². The Kier molecular flexibility index (Phi) is 6.10. The van der Waals surface area contributed by atoms with Gasteiger partial charge >= 0.3 is 6.03 Å². The maximum Gasteiger partial charge on any atom is 0.315 e. The van der Waals surface area contributed by atoms with E-state index in [4.69, 9.17) is 4.74 Å². The van der Waals surface area contributed by atoms with Crippen LogP contribution in [0.2, 0.25) is 0 Å². The van der Waals surface area contributed by atoms with E-state index in [1.54, 1.807) is 7.11 Å². The molecule has 4 atom stereocenters. The van der Waals surface area contributed by atoms with E-state index in [1.165, 1.54) is 6.42 Å². The van der Waals surface area contributed by atoms with Crippen LogP contribution < -0.4 is 10.6 Å². The topological polar surface area (TPSA) is 70.6 Å². The number of carbonyl (C=O) groups excluding carboxylic acids is 1. The van der Waals surface area contributed by atoms with E-state index in [-0.39, 0.29) is 24.3 Å². The summed E-state index contributed by atoms with van der Waals surface area (Å²) in [6.07, 6.45) is 8.18. The molecule has 0 aliphatic heterocycles. The molecule has 5 heteroatoms. The molecule has 2 aliphatic carbocycles. The van der Waals surface area contributed by atoms with E-state index in [2.05, 4.69) is 10.6 Å². The van der Waals surface area contributed by atoms with Gasteiger partial charge in [-0.3, -0.25) is 0 Å². The molecular formula is C15H28N2O3. The molecule has 4 unspecified atom stereocenters. The zero-order valence-corrected chi connectivity index (χ0v) is 12.4. The Balaban J connectivity index is 1.69. The van der Waals surface area contributed by atoms with Crippen molar-refractivity contribution in [1.29, 1.82) is 0 Å². The van der Waals surface area contributed by atoms with Gasteiger partial charge in [0.15, 0.2) is 0 Å². The summed E-state index contributed by atoms with van der Waals surface area (Å²) < 4.78 is 5.44. The molecule has 0 bridgehead atoms. The van der Waals surface area contributed by atoms with Crippen molar-refractivity contribution < 1.29 is 14.6 Å². The normalized spacial score (nSPS) is 34.5. The number of urea groups is 1. The number of amides is 2. The van der Waals surface area contributed by atoms with Crippen LogP contribution >= 0.6 is 0 Å². The van der Waals surface area contributed by atoms with Gasteiger partial charge in [-0.1, -0.05) is 19.3 Å². The third-order valence-electron chi connectivity index (χ3n) is 4.63. The standard InChI is InChI=1S/C15H28N2O3/c1-20-14-8-3-2-7-13(14)17-15(19)16-10-11-5-4-6-12(18)9-11/h11-14,18H,2-10H2,1H3,(H2,16,17,19). The van der Waals surface area contributed by atoms with Crippen LogP contribution in [0.15, 0.2) is 0 Å². The molecule has 2 saturated carbocycles. The van der Waals surface area contributed by atoms with Crippen LogP contribution in [-0.4, -0.2) is 43.0 Å². The Morgan fingerprint density at radius 1 is 1.20 bits per heavy atom. The number of ether oxygens (including phenoxy) is 1. The van der Waals surface area contributed by atoms with Gasteiger partial charge in [-0.15, -0.1) is 0 Å². The second-order valence-electron chi connectivity index (χ2n) is 6.21. The number of hydrogen-bond acceptors (Lipinski definition) is 3. The van der Waals surface area contributed by atoms with Crippen LogP contribution in [0, 0.1) is 5.92 Å². The van der Waals surface area contributed by atoms with Crippen LogP contribution in [0.25, 0.3) is 0 Å². The first kappa shape index (κ1) is 15.6. The van der Waals surface area contributed by atoms with E-state index in [0.717, 1.165) is 44.9 Å². The minimum Gasteiger partial charge on any atom is -0.393 e. The number of nitrogens with one attached hydrogen (secondary N) is 2. The molecule has 2 amide bonds. The summed E-state index contributed by atoms with van der Waals surface area (Å²) in [6.45, 7) is 0.660. The molecule has 5 nitrogen and oxygen atoms in total. The lowest BCUT2D eigenvalue weighted by Crippen LogP contribution is -2.50. The summed E-state index contributed by atoms with van der Waals surface area (Å²) in [4.78, 5) is 12.0. The number of methoxy groups -OCH3 is 1. The van der Waals surface area contributed by atoms with Crippen molar-refractivity contribution in [1.82, 2.24) is 10.6 Å². The number of aliphatic hydroxyl groups excluding tert-OH is 1. The number of rotatable bonds is 4. The Labute approximate surface area is 121 Å². The minimum absolute atomic E-state index is 0.0981. The predicted octanol–water partition coefficient (Wildman–Crippen LogP) is 1.79. The van der Waals surface area contributed by atoms with E-state index in [9.17, 15) is 9.90 Å². The van der Waals surface area contributed by atoms with Gasteiger partial charge in [0.1, 0.15) is 0 Å². The molecule has 20 heavy (non-hydrogen) atoms. The predicted molar refractivity (Wildman–Crippen MR) is 77.6 cm³/mol. The van der Waals surface area contributed by atoms with Crippen LogP contribution in [0.4, 0.5) is 4.79 Å². The second-order valence-corrected chi connectivity index (χ2v) is 6.21. The van der Waals surface area contributed by atoms with Crippen LogP contribution in [0.5, 0.6) is 0 Å². The highest BCUT2D eigenvalue weighted by Gasteiger charge is 2.26. The molecule has 0 heterocycles. The first-order chi connectivity index (χ1) is 9.69. The Morgan fingerprint density at radius 3 is 2.75 bits per heavy atom. The Bertz CT molecular complexity index is 311. The molecule has 2 rings (SSSR count). The first-order valence-electron chi connectivity index (χ1n) is 7.94. The average molecular weight is 284 g/mol. The third-order valence-corrected chi connectivity index (χ3v) is 4.63. The molecular weight excluding hydrogens is 256 g/mol. The lowest BCUT2D eigenvalue weighted by molar-refractivity contribution is 0.0450. The second kappa shape index (κ2) is 7.84. The lowest BCUT2D eigenvalue weighted by Gasteiger charge is -2.31. The smallest absolute Gasteiger partial charge is 0.315 e. The molecule has 0 aromatic carbocycles. The third kappa shape index (κ3) is 4.63. The highest BCUT2D eigenvalue weighted by atomic mass is 16.5. The number of aliphatic hydroxyl groups is 1. The molecule has 0 saturated heterocycles. The molecule has 3 N–H and O–H groups in total. The molecule has 2 aliphatic rings. The van der Waals surface area contributed by atoms with Gasteiger partial charge in [0.05, 0.1) is 18.2 Å². The maximum atomic E-state index is 12.0. The first-order valence-corrected chi connectivity index (χ1v) is 7.94. The average Bonchev–Trinajstić information content (AvgIpc) is 2.46. The zero-order valence-electron chi connectivity index (χ0n) is 12.4. The van der Waals surface area contributed by atoms with Crippen molar-refractivity contribution in [3.8, 4) is 0 Å². The largest absolute Gasteiger partial charge is 0.393 e. The molecule has 0 aromatic rings. The summed E-state index contributed by atoms with van der Waals surface area (Å²) in [7, 11) is 1.71. The van der Waals surface area contributed by atoms with Gasteiger partial charge in [-0.25, -0.2) is 4.79 Å². The fourth-order valence-corrected chi connectivity index (χ4v) is 3.45. The highest BCUT2D eigenvalue weighted by Crippen LogP contribution is 2.23. The van der Waals surface area contributed by atoms with E-state index in [1.807, 2.05) is 0 Å². The van der Waals surface area contributed by atoms with E-state index >= 15 is 0 Å². The zero-order chi connectivity index (χ0) is 14.4. The SMILES string of the molecule is COC1CCCCC1NC(=O)NCC1CCCC(O)C1. The highest BCUT2D eigenvalue weighted by molar-refractivity contribution is 5.74. The minimum atomic E-state index is -0.185. The monoisotopic (exact) mass is 284 g/mol. The van der Waals surface area contributed by atoms with Gasteiger partial charge < -0.3 is 20.5 Å². The summed E-state index contributed by atoms with van der Waals surface area (Å²) in [5.41, 5.74) is 0. The molecule has 0 radical (unpaired) electrons. The van der Waals surface area contributed by atoms with Crippen molar-refractivity contribution >= 4 is 6.03 Å². The number of hydrogen-bond donors (Lipinski definition) is 3. The van der Waals surface area contributed by atoms with E-state index in [0.29, 0.717) is 12.5 Å². The molecule has 116 valence electrons. The summed E-state index contributed by atoms with van der Waals surface area (Å²) in [5, 5.41) is 15.6. The lowest BCUT2D eigenvalue weighted by atomic mass is 9.87. The summed E-state index contributed by atoms with van der Waals surface area (Å²) >= 11 is 0. The van der Waals surface area contributed by atoms with E-state index < -0.39 is 0 Å². The van der Waals surface area contributed by atoms with Gasteiger partial charge in [0.2, 0.25) is 0 Å². The quantitative estimate of drug-likeness (QED) is 0.737. The summed E-state index contributed by atoms with van der Waals surface area (Å²) in [6, 6.07) is 0.0321. The summed E-state index contributed by atoms with van der Waals surface area (Å²) in [5.74, 6) is 0.411. The van der Waals surface area contributed by atoms with Gasteiger partial charge in [-0.05, 0) is 38.0 Å². The Morgan fingerprint density at radius 2 is 2.00 bits per heavy atom. The molecule has 0 spiro atoms.